The van der Waals surface area contributed by atoms with Gasteiger partial charge in [-0.05, 0) is 18.2 Å². The van der Waals surface area contributed by atoms with Gasteiger partial charge in [0.1, 0.15) is 35.9 Å². The second kappa shape index (κ2) is 7.97. The van der Waals surface area contributed by atoms with Crippen molar-refractivity contribution in [3.8, 4) is 11.5 Å². The number of carbonyl (C=O) groups excluding carboxylic acids is 2. The quantitative estimate of drug-likeness (QED) is 0.289. The average molecular weight is 446 g/mol. The molecule has 0 amide bonds. The summed E-state index contributed by atoms with van der Waals surface area (Å²) in [5.74, 6) is -3.88. The molecule has 11 nitrogen and oxygen atoms in total. The van der Waals surface area contributed by atoms with Gasteiger partial charge in [-0.1, -0.05) is 12.1 Å². The van der Waals surface area contributed by atoms with Gasteiger partial charge in [-0.3, -0.25) is 9.59 Å². The number of hydrogen-bond acceptors (Lipinski definition) is 10. The maximum Gasteiger partial charge on any atom is 0.335 e. The second-order valence-electron chi connectivity index (χ2n) is 7.38. The van der Waals surface area contributed by atoms with Gasteiger partial charge >= 0.3 is 5.97 Å². The molecule has 2 aromatic rings. The zero-order valence-electron chi connectivity index (χ0n) is 16.2. The third-order valence-corrected chi connectivity index (χ3v) is 5.43. The molecule has 0 aromatic heterocycles. The van der Waals surface area contributed by atoms with Crippen LogP contribution in [0.1, 0.15) is 42.2 Å². The molecule has 1 heterocycles. The van der Waals surface area contributed by atoms with Crippen molar-refractivity contribution in [1.29, 1.82) is 0 Å². The van der Waals surface area contributed by atoms with E-state index in [1.54, 1.807) is 0 Å². The lowest BCUT2D eigenvalue weighted by molar-refractivity contribution is -0.277. The molecule has 4 rings (SSSR count). The molecule has 1 fully saturated rings. The van der Waals surface area contributed by atoms with Crippen LogP contribution in [0.3, 0.4) is 0 Å². The number of aliphatic hydroxyl groups excluding tert-OH is 4. The molecule has 5 atom stereocenters. The number of carbonyl (C=O) groups is 3. The van der Waals surface area contributed by atoms with Gasteiger partial charge in [-0.15, -0.1) is 0 Å². The van der Waals surface area contributed by atoms with Crippen LogP contribution in [0, 0.1) is 0 Å². The number of aromatic carboxylic acids is 1. The molecule has 1 saturated heterocycles. The van der Waals surface area contributed by atoms with Crippen molar-refractivity contribution in [3.05, 3.63) is 58.1 Å². The van der Waals surface area contributed by atoms with Crippen molar-refractivity contribution in [3.63, 3.8) is 0 Å². The summed E-state index contributed by atoms with van der Waals surface area (Å²) in [5.41, 5.74) is -1.46. The van der Waals surface area contributed by atoms with E-state index in [2.05, 4.69) is 0 Å². The van der Waals surface area contributed by atoms with Gasteiger partial charge in [0, 0.05) is 11.1 Å². The molecular weight excluding hydrogens is 428 g/mol. The van der Waals surface area contributed by atoms with Crippen LogP contribution in [0.25, 0.3) is 0 Å². The smallest absolute Gasteiger partial charge is 0.335 e. The Kier molecular flexibility index (Phi) is 5.44. The fourth-order valence-electron chi connectivity index (χ4n) is 3.78. The van der Waals surface area contributed by atoms with E-state index in [0.29, 0.717) is 0 Å². The molecule has 32 heavy (non-hydrogen) atoms. The van der Waals surface area contributed by atoms with E-state index < -0.39 is 66.2 Å². The van der Waals surface area contributed by atoms with E-state index in [-0.39, 0.29) is 28.0 Å². The van der Waals surface area contributed by atoms with Gasteiger partial charge in [0.2, 0.25) is 12.1 Å². The highest BCUT2D eigenvalue weighted by atomic mass is 16.7. The summed E-state index contributed by atoms with van der Waals surface area (Å²) >= 11 is 0. The SMILES string of the molecule is O=C(O)c1cc(O)c2c(c1)C(=O)c1cccc(O[C@H]3O[C@H](CO)[C@H](O)[C@@H](O)[C@H]3O)c1C2=O. The first kappa shape index (κ1) is 21.9. The lowest BCUT2D eigenvalue weighted by Crippen LogP contribution is -2.60. The van der Waals surface area contributed by atoms with Crippen molar-refractivity contribution in [2.75, 3.05) is 6.61 Å². The van der Waals surface area contributed by atoms with Crippen LogP contribution in [-0.2, 0) is 4.74 Å². The summed E-state index contributed by atoms with van der Waals surface area (Å²) in [6.45, 7) is -0.692. The van der Waals surface area contributed by atoms with Crippen molar-refractivity contribution >= 4 is 17.5 Å². The molecule has 0 spiro atoms. The maximum atomic E-state index is 13.2. The number of hydrogen-bond donors (Lipinski definition) is 6. The predicted octanol–water partition coefficient (Wildman–Crippen LogP) is -0.956. The number of rotatable bonds is 4. The number of aromatic hydroxyl groups is 1. The van der Waals surface area contributed by atoms with E-state index >= 15 is 0 Å². The van der Waals surface area contributed by atoms with Crippen LogP contribution in [0.2, 0.25) is 0 Å². The number of carboxylic acids is 1. The predicted molar refractivity (Wildman–Crippen MR) is 103 cm³/mol. The van der Waals surface area contributed by atoms with Crippen LogP contribution in [-0.4, -0.2) is 85.5 Å². The minimum absolute atomic E-state index is 0.133. The highest BCUT2D eigenvalue weighted by Crippen LogP contribution is 2.38. The van der Waals surface area contributed by atoms with Crippen LogP contribution in [0.4, 0.5) is 0 Å². The molecule has 1 aliphatic heterocycles. The van der Waals surface area contributed by atoms with Gasteiger partial charge in [-0.25, -0.2) is 4.79 Å². The van der Waals surface area contributed by atoms with E-state index in [0.717, 1.165) is 12.1 Å². The zero-order chi connectivity index (χ0) is 23.3. The molecule has 168 valence electrons. The van der Waals surface area contributed by atoms with Crippen LogP contribution < -0.4 is 4.74 Å². The highest BCUT2D eigenvalue weighted by Gasteiger charge is 2.45. The number of fused-ring (bicyclic) bond motifs is 2. The Morgan fingerprint density at radius 3 is 2.34 bits per heavy atom. The van der Waals surface area contributed by atoms with Crippen LogP contribution >= 0.6 is 0 Å². The monoisotopic (exact) mass is 446 g/mol. The largest absolute Gasteiger partial charge is 0.507 e. The van der Waals surface area contributed by atoms with Gasteiger partial charge in [0.15, 0.2) is 5.78 Å². The Labute approximate surface area is 179 Å². The Balaban J connectivity index is 1.76. The molecular formula is C21H18O11. The Hall–Kier alpha value is -3.35. The first-order valence-electron chi connectivity index (χ1n) is 9.45. The summed E-state index contributed by atoms with van der Waals surface area (Å²) in [5, 5.41) is 58.8. The summed E-state index contributed by atoms with van der Waals surface area (Å²) in [6.07, 6.45) is -7.95. The number of ketones is 2. The number of phenols is 1. The number of aliphatic hydroxyl groups is 4. The van der Waals surface area contributed by atoms with Crippen LogP contribution in [0.5, 0.6) is 11.5 Å². The molecule has 0 unspecified atom stereocenters. The first-order valence-corrected chi connectivity index (χ1v) is 9.45. The van der Waals surface area contributed by atoms with Gasteiger partial charge < -0.3 is 40.1 Å². The molecule has 1 aliphatic carbocycles. The lowest BCUT2D eigenvalue weighted by atomic mass is 9.82. The molecule has 2 aromatic carbocycles. The lowest BCUT2D eigenvalue weighted by Gasteiger charge is -2.39. The van der Waals surface area contributed by atoms with E-state index in [9.17, 15) is 45.0 Å². The molecule has 11 heteroatoms. The summed E-state index contributed by atoms with van der Waals surface area (Å²) < 4.78 is 10.8. The van der Waals surface area contributed by atoms with E-state index in [1.165, 1.54) is 18.2 Å². The summed E-state index contributed by atoms with van der Waals surface area (Å²) in [7, 11) is 0. The molecule has 0 radical (unpaired) electrons. The Morgan fingerprint density at radius 2 is 1.69 bits per heavy atom. The molecule has 0 bridgehead atoms. The maximum absolute atomic E-state index is 13.2. The van der Waals surface area contributed by atoms with Gasteiger partial charge in [0.25, 0.3) is 0 Å². The topological polar surface area (TPSA) is 191 Å². The Bertz CT molecular complexity index is 1120. The number of ether oxygens (including phenoxy) is 2. The van der Waals surface area contributed by atoms with E-state index in [4.69, 9.17) is 9.47 Å². The van der Waals surface area contributed by atoms with Gasteiger partial charge in [-0.2, -0.15) is 0 Å². The standard InChI is InChI=1S/C21H18O11/c22-6-12-16(25)18(27)19(28)21(32-12)31-11-3-1-2-8-14(11)17(26)13-9(15(8)24)4-7(20(29)30)5-10(13)23/h1-5,12,16,18-19,21-23,25,27-28H,6H2,(H,29,30)/t12-,16+,18-,19-,21+/m1/s1. The second-order valence-corrected chi connectivity index (χ2v) is 7.38. The molecule has 2 aliphatic rings. The minimum atomic E-state index is -1.75. The summed E-state index contributed by atoms with van der Waals surface area (Å²) in [4.78, 5) is 37.4. The first-order chi connectivity index (χ1) is 15.1. The van der Waals surface area contributed by atoms with Crippen molar-refractivity contribution in [1.82, 2.24) is 0 Å². The zero-order valence-corrected chi connectivity index (χ0v) is 16.2. The van der Waals surface area contributed by atoms with Crippen molar-refractivity contribution in [2.45, 2.75) is 30.7 Å². The fraction of sp³-hybridized carbons (Fsp3) is 0.286. The third-order valence-electron chi connectivity index (χ3n) is 5.43. The van der Waals surface area contributed by atoms with Gasteiger partial charge in [0.05, 0.1) is 23.3 Å². The van der Waals surface area contributed by atoms with E-state index in [1.807, 2.05) is 0 Å². The number of benzene rings is 2. The van der Waals surface area contributed by atoms with Crippen LogP contribution in [0.15, 0.2) is 30.3 Å². The minimum Gasteiger partial charge on any atom is -0.507 e. The fourth-order valence-corrected chi connectivity index (χ4v) is 3.78. The van der Waals surface area contributed by atoms with Crippen molar-refractivity contribution in [2.24, 2.45) is 0 Å². The molecule has 6 N–H and O–H groups in total. The summed E-state index contributed by atoms with van der Waals surface area (Å²) in [6, 6.07) is 5.81. The molecule has 0 saturated carbocycles. The number of carboxylic acid groups (broad SMARTS) is 1. The third kappa shape index (κ3) is 3.32. The normalized spacial score (nSPS) is 26.9. The van der Waals surface area contributed by atoms with Crippen molar-refractivity contribution < 1.29 is 54.5 Å². The number of phenolic OH excluding ortho intramolecular Hbond substituents is 1. The Morgan fingerprint density at radius 1 is 0.969 bits per heavy atom. The average Bonchev–Trinajstić information content (AvgIpc) is 2.77. The highest BCUT2D eigenvalue weighted by molar-refractivity contribution is 6.30.